The van der Waals surface area contributed by atoms with E-state index in [2.05, 4.69) is 16.3 Å². The Morgan fingerprint density at radius 1 is 1.13 bits per heavy atom. The molecule has 1 aromatic carbocycles. The van der Waals surface area contributed by atoms with Gasteiger partial charge in [-0.05, 0) is 61.9 Å². The van der Waals surface area contributed by atoms with Crippen molar-refractivity contribution in [3.63, 3.8) is 0 Å². The number of rotatable bonds is 8. The summed E-state index contributed by atoms with van der Waals surface area (Å²) in [6.45, 7) is 3.95. The maximum Gasteiger partial charge on any atom is 0.255 e. The van der Waals surface area contributed by atoms with Gasteiger partial charge in [0.2, 0.25) is 11.8 Å². The molecule has 7 heteroatoms. The van der Waals surface area contributed by atoms with Crippen molar-refractivity contribution in [2.45, 2.75) is 64.1 Å². The summed E-state index contributed by atoms with van der Waals surface area (Å²) in [5, 5.41) is 2.37. The molecular weight excluding hydrogens is 380 g/mol. The standard InChI is InChI=1S/C23H32N4O3/c24-11-4-12-26(13-16-5-1-2-6-16)14-17-7-3-8-18-19(17)15-27(23(18)30)20-9-10-21(28)25-22(20)29/h3,7-8,16,20H,1-2,4-6,9-15,24H2,(H,25,28,29). The minimum Gasteiger partial charge on any atom is -0.330 e. The van der Waals surface area contributed by atoms with Crippen molar-refractivity contribution >= 4 is 17.7 Å². The Kier molecular flexibility index (Phi) is 6.49. The average molecular weight is 413 g/mol. The number of nitrogens with one attached hydrogen (secondary N) is 1. The number of imide groups is 1. The molecule has 1 unspecified atom stereocenters. The van der Waals surface area contributed by atoms with Crippen LogP contribution in [0.3, 0.4) is 0 Å². The molecule has 1 aliphatic carbocycles. The molecule has 0 spiro atoms. The first-order valence-electron chi connectivity index (χ1n) is 11.2. The molecule has 0 bridgehead atoms. The first-order chi connectivity index (χ1) is 14.6. The number of benzene rings is 1. The molecule has 1 atom stereocenters. The van der Waals surface area contributed by atoms with E-state index in [4.69, 9.17) is 5.73 Å². The summed E-state index contributed by atoms with van der Waals surface area (Å²) in [6.07, 6.45) is 6.88. The molecule has 0 radical (unpaired) electrons. The van der Waals surface area contributed by atoms with E-state index < -0.39 is 6.04 Å². The number of carbonyl (C=O) groups excluding carboxylic acids is 3. The molecule has 3 N–H and O–H groups in total. The quantitative estimate of drug-likeness (QED) is 0.635. The number of nitrogens with zero attached hydrogens (tertiary/aromatic N) is 2. The smallest absolute Gasteiger partial charge is 0.255 e. The van der Waals surface area contributed by atoms with Crippen LogP contribution in [0.4, 0.5) is 0 Å². The van der Waals surface area contributed by atoms with Gasteiger partial charge in [-0.15, -0.1) is 0 Å². The lowest BCUT2D eigenvalue weighted by Gasteiger charge is -2.29. The van der Waals surface area contributed by atoms with Crippen molar-refractivity contribution in [1.29, 1.82) is 0 Å². The van der Waals surface area contributed by atoms with Crippen molar-refractivity contribution in [1.82, 2.24) is 15.1 Å². The molecule has 30 heavy (non-hydrogen) atoms. The average Bonchev–Trinajstić information content (AvgIpc) is 3.35. The van der Waals surface area contributed by atoms with Crippen LogP contribution in [0, 0.1) is 5.92 Å². The molecule has 2 aliphatic heterocycles. The van der Waals surface area contributed by atoms with E-state index in [0.717, 1.165) is 43.1 Å². The SMILES string of the molecule is NCCCN(Cc1cccc2c1CN(C1CCC(=O)NC1=O)C2=O)CC1CCCC1. The van der Waals surface area contributed by atoms with Crippen LogP contribution >= 0.6 is 0 Å². The molecule has 2 fully saturated rings. The minimum absolute atomic E-state index is 0.106. The molecule has 4 rings (SSSR count). The van der Waals surface area contributed by atoms with Crippen molar-refractivity contribution in [3.8, 4) is 0 Å². The van der Waals surface area contributed by atoms with Gasteiger partial charge in [0.15, 0.2) is 0 Å². The molecular formula is C23H32N4O3. The fourth-order valence-corrected chi connectivity index (χ4v) is 5.15. The van der Waals surface area contributed by atoms with E-state index in [1.165, 1.54) is 25.7 Å². The lowest BCUT2D eigenvalue weighted by atomic mass is 10.0. The lowest BCUT2D eigenvalue weighted by Crippen LogP contribution is -2.52. The highest BCUT2D eigenvalue weighted by molar-refractivity contribution is 6.05. The Labute approximate surface area is 178 Å². The molecule has 3 amide bonds. The Morgan fingerprint density at radius 2 is 1.93 bits per heavy atom. The van der Waals surface area contributed by atoms with Crippen molar-refractivity contribution < 1.29 is 14.4 Å². The van der Waals surface area contributed by atoms with E-state index >= 15 is 0 Å². The summed E-state index contributed by atoms with van der Waals surface area (Å²) in [7, 11) is 0. The third kappa shape index (κ3) is 4.42. The molecule has 162 valence electrons. The number of amides is 3. The van der Waals surface area contributed by atoms with Crippen LogP contribution in [0.15, 0.2) is 18.2 Å². The fourth-order valence-electron chi connectivity index (χ4n) is 5.15. The summed E-state index contributed by atoms with van der Waals surface area (Å²) in [4.78, 5) is 41.0. The number of hydrogen-bond acceptors (Lipinski definition) is 5. The number of piperidine rings is 1. The van der Waals surface area contributed by atoms with Crippen LogP contribution in [-0.2, 0) is 22.7 Å². The molecule has 2 heterocycles. The number of nitrogens with two attached hydrogens (primary N) is 1. The van der Waals surface area contributed by atoms with E-state index in [9.17, 15) is 14.4 Å². The Hall–Kier alpha value is -2.25. The maximum absolute atomic E-state index is 13.0. The molecule has 1 aromatic rings. The molecule has 7 nitrogen and oxygen atoms in total. The van der Waals surface area contributed by atoms with Gasteiger partial charge in [0, 0.05) is 31.6 Å². The number of fused-ring (bicyclic) bond motifs is 1. The highest BCUT2D eigenvalue weighted by Crippen LogP contribution is 2.31. The fraction of sp³-hybridized carbons (Fsp3) is 0.609. The van der Waals surface area contributed by atoms with Crippen LogP contribution in [0.25, 0.3) is 0 Å². The van der Waals surface area contributed by atoms with Gasteiger partial charge < -0.3 is 10.6 Å². The van der Waals surface area contributed by atoms with E-state index in [1.54, 1.807) is 4.90 Å². The second-order valence-electron chi connectivity index (χ2n) is 8.87. The van der Waals surface area contributed by atoms with Crippen LogP contribution in [0.5, 0.6) is 0 Å². The van der Waals surface area contributed by atoms with Gasteiger partial charge in [-0.1, -0.05) is 25.0 Å². The molecule has 1 saturated heterocycles. The van der Waals surface area contributed by atoms with Crippen LogP contribution in [0.2, 0.25) is 0 Å². The van der Waals surface area contributed by atoms with Gasteiger partial charge in [-0.3, -0.25) is 24.6 Å². The largest absolute Gasteiger partial charge is 0.330 e. The van der Waals surface area contributed by atoms with Gasteiger partial charge in [-0.25, -0.2) is 0 Å². The van der Waals surface area contributed by atoms with Crippen molar-refractivity contribution in [2.24, 2.45) is 11.7 Å². The van der Waals surface area contributed by atoms with Crippen LogP contribution in [-0.4, -0.2) is 53.2 Å². The molecule has 3 aliphatic rings. The summed E-state index contributed by atoms with van der Waals surface area (Å²) in [5.41, 5.74) is 8.64. The van der Waals surface area contributed by atoms with Gasteiger partial charge in [0.05, 0.1) is 0 Å². The topological polar surface area (TPSA) is 95.7 Å². The van der Waals surface area contributed by atoms with Crippen LogP contribution < -0.4 is 11.1 Å². The third-order valence-corrected chi connectivity index (χ3v) is 6.74. The lowest BCUT2D eigenvalue weighted by molar-refractivity contribution is -0.136. The summed E-state index contributed by atoms with van der Waals surface area (Å²) < 4.78 is 0. The Morgan fingerprint density at radius 3 is 2.67 bits per heavy atom. The maximum atomic E-state index is 13.0. The summed E-state index contributed by atoms with van der Waals surface area (Å²) in [6, 6.07) is 5.33. The zero-order chi connectivity index (χ0) is 21.1. The first-order valence-corrected chi connectivity index (χ1v) is 11.2. The van der Waals surface area contributed by atoms with E-state index in [1.807, 2.05) is 12.1 Å². The Bertz CT molecular complexity index is 819. The first kappa shape index (κ1) is 21.0. The summed E-state index contributed by atoms with van der Waals surface area (Å²) >= 11 is 0. The monoisotopic (exact) mass is 412 g/mol. The van der Waals surface area contributed by atoms with Crippen LogP contribution in [0.1, 0.15) is 66.4 Å². The zero-order valence-electron chi connectivity index (χ0n) is 17.6. The predicted molar refractivity (Wildman–Crippen MR) is 113 cm³/mol. The summed E-state index contributed by atoms with van der Waals surface area (Å²) in [5.74, 6) is 0.0232. The van der Waals surface area contributed by atoms with Gasteiger partial charge >= 0.3 is 0 Å². The van der Waals surface area contributed by atoms with E-state index in [0.29, 0.717) is 25.1 Å². The third-order valence-electron chi connectivity index (χ3n) is 6.74. The number of carbonyl (C=O) groups is 3. The molecule has 1 saturated carbocycles. The molecule has 0 aromatic heterocycles. The minimum atomic E-state index is -0.567. The second kappa shape index (κ2) is 9.27. The normalized spacial score (nSPS) is 22.1. The van der Waals surface area contributed by atoms with Gasteiger partial charge in [0.1, 0.15) is 6.04 Å². The zero-order valence-corrected chi connectivity index (χ0v) is 17.6. The second-order valence-corrected chi connectivity index (χ2v) is 8.87. The number of hydrogen-bond donors (Lipinski definition) is 2. The van der Waals surface area contributed by atoms with Crippen molar-refractivity contribution in [3.05, 3.63) is 34.9 Å². The predicted octanol–water partition coefficient (Wildman–Crippen LogP) is 1.79. The highest BCUT2D eigenvalue weighted by Gasteiger charge is 2.39. The van der Waals surface area contributed by atoms with Gasteiger partial charge in [-0.2, -0.15) is 0 Å². The Balaban J connectivity index is 1.50. The highest BCUT2D eigenvalue weighted by atomic mass is 16.2. The van der Waals surface area contributed by atoms with E-state index in [-0.39, 0.29) is 24.1 Å². The van der Waals surface area contributed by atoms with Gasteiger partial charge in [0.25, 0.3) is 5.91 Å². The van der Waals surface area contributed by atoms with Crippen molar-refractivity contribution in [2.75, 3.05) is 19.6 Å².